The van der Waals surface area contributed by atoms with Gasteiger partial charge in [0.05, 0.1) is 0 Å². The molecule has 0 aromatic rings. The minimum Gasteiger partial charge on any atom is -0.316 e. The lowest BCUT2D eigenvalue weighted by atomic mass is 10.1. The van der Waals surface area contributed by atoms with Crippen LogP contribution in [0.4, 0.5) is 0 Å². The van der Waals surface area contributed by atoms with Crippen LogP contribution in [0.3, 0.4) is 0 Å². The number of nitrogens with zero attached hydrogens (tertiary/aromatic N) is 1. The van der Waals surface area contributed by atoms with Gasteiger partial charge in [-0.1, -0.05) is 6.92 Å². The molecule has 0 saturated carbocycles. The van der Waals surface area contributed by atoms with Gasteiger partial charge < -0.3 is 5.32 Å². The van der Waals surface area contributed by atoms with Crippen molar-refractivity contribution in [1.29, 1.82) is 0 Å². The first kappa shape index (κ1) is 11.0. The second kappa shape index (κ2) is 4.97. The molecule has 1 heterocycles. The molecule has 1 fully saturated rings. The smallest absolute Gasteiger partial charge is 0.0221 e. The Morgan fingerprint density at radius 3 is 2.69 bits per heavy atom. The van der Waals surface area contributed by atoms with Crippen LogP contribution in [0.15, 0.2) is 0 Å². The van der Waals surface area contributed by atoms with Crippen LogP contribution in [0.2, 0.25) is 0 Å². The van der Waals surface area contributed by atoms with Crippen LogP contribution >= 0.6 is 0 Å². The molecule has 1 rings (SSSR count). The van der Waals surface area contributed by atoms with Crippen molar-refractivity contribution in [3.63, 3.8) is 0 Å². The molecule has 1 saturated heterocycles. The molecule has 0 bridgehead atoms. The largest absolute Gasteiger partial charge is 0.316 e. The molecule has 2 nitrogen and oxygen atoms in total. The van der Waals surface area contributed by atoms with E-state index in [1.807, 2.05) is 0 Å². The first-order valence-electron chi connectivity index (χ1n) is 5.63. The maximum atomic E-state index is 3.34. The number of nitrogens with one attached hydrogen (secondary N) is 1. The van der Waals surface area contributed by atoms with E-state index >= 15 is 0 Å². The van der Waals surface area contributed by atoms with Crippen molar-refractivity contribution in [2.45, 2.75) is 58.2 Å². The van der Waals surface area contributed by atoms with Gasteiger partial charge in [0.1, 0.15) is 0 Å². The third-order valence-electron chi connectivity index (χ3n) is 3.60. The molecular weight excluding hydrogens is 160 g/mol. The SMILES string of the molecule is CCC1CCCN1C(C)C(C)NC. The topological polar surface area (TPSA) is 15.3 Å². The number of likely N-dealkylation sites (tertiary alicyclic amines) is 1. The molecule has 1 aliphatic rings. The van der Waals surface area contributed by atoms with E-state index in [0.717, 1.165) is 6.04 Å². The van der Waals surface area contributed by atoms with Gasteiger partial charge in [-0.3, -0.25) is 4.90 Å². The van der Waals surface area contributed by atoms with Crippen molar-refractivity contribution in [3.8, 4) is 0 Å². The van der Waals surface area contributed by atoms with Gasteiger partial charge in [0, 0.05) is 18.1 Å². The average molecular weight is 184 g/mol. The summed E-state index contributed by atoms with van der Waals surface area (Å²) in [5.41, 5.74) is 0. The molecule has 1 N–H and O–H groups in total. The summed E-state index contributed by atoms with van der Waals surface area (Å²) in [6.07, 6.45) is 4.09. The van der Waals surface area contributed by atoms with E-state index in [1.54, 1.807) is 0 Å². The standard InChI is InChI=1S/C11H24N2/c1-5-11-7-6-8-13(11)10(3)9(2)12-4/h9-12H,5-8H2,1-4H3. The first-order chi connectivity index (χ1) is 6.20. The first-order valence-corrected chi connectivity index (χ1v) is 5.63. The summed E-state index contributed by atoms with van der Waals surface area (Å²) in [5, 5.41) is 3.34. The van der Waals surface area contributed by atoms with Gasteiger partial charge in [-0.2, -0.15) is 0 Å². The highest BCUT2D eigenvalue weighted by Gasteiger charge is 2.28. The van der Waals surface area contributed by atoms with Crippen LogP contribution in [0.5, 0.6) is 0 Å². The van der Waals surface area contributed by atoms with Crippen LogP contribution in [0.1, 0.15) is 40.0 Å². The molecule has 0 aromatic carbocycles. The Balaban J connectivity index is 2.49. The Morgan fingerprint density at radius 2 is 2.15 bits per heavy atom. The van der Waals surface area contributed by atoms with Crippen molar-refractivity contribution in [2.24, 2.45) is 0 Å². The van der Waals surface area contributed by atoms with Gasteiger partial charge in [0.15, 0.2) is 0 Å². The van der Waals surface area contributed by atoms with E-state index < -0.39 is 0 Å². The van der Waals surface area contributed by atoms with E-state index in [9.17, 15) is 0 Å². The molecule has 0 aliphatic carbocycles. The normalized spacial score (nSPS) is 29.1. The van der Waals surface area contributed by atoms with E-state index in [4.69, 9.17) is 0 Å². The maximum Gasteiger partial charge on any atom is 0.0221 e. The van der Waals surface area contributed by atoms with Crippen LogP contribution in [0, 0.1) is 0 Å². The molecule has 13 heavy (non-hydrogen) atoms. The molecule has 0 radical (unpaired) electrons. The summed E-state index contributed by atoms with van der Waals surface area (Å²) in [6.45, 7) is 8.22. The molecule has 0 amide bonds. The van der Waals surface area contributed by atoms with Gasteiger partial charge in [-0.15, -0.1) is 0 Å². The maximum absolute atomic E-state index is 3.34. The fraction of sp³-hybridized carbons (Fsp3) is 1.00. The fourth-order valence-electron chi connectivity index (χ4n) is 2.36. The molecule has 0 spiro atoms. The van der Waals surface area contributed by atoms with Crippen LogP contribution in [-0.2, 0) is 0 Å². The summed E-state index contributed by atoms with van der Waals surface area (Å²) in [6, 6.07) is 2.12. The van der Waals surface area contributed by atoms with Gasteiger partial charge >= 0.3 is 0 Å². The van der Waals surface area contributed by atoms with Crippen molar-refractivity contribution < 1.29 is 0 Å². The Kier molecular flexibility index (Phi) is 4.20. The second-order valence-corrected chi connectivity index (χ2v) is 4.26. The van der Waals surface area contributed by atoms with Gasteiger partial charge in [0.2, 0.25) is 0 Å². The predicted molar refractivity (Wildman–Crippen MR) is 58.0 cm³/mol. The minimum absolute atomic E-state index is 0.604. The lowest BCUT2D eigenvalue weighted by Gasteiger charge is -2.33. The zero-order valence-corrected chi connectivity index (χ0v) is 9.51. The summed E-state index contributed by atoms with van der Waals surface area (Å²) < 4.78 is 0. The van der Waals surface area contributed by atoms with Crippen molar-refractivity contribution in [1.82, 2.24) is 10.2 Å². The van der Waals surface area contributed by atoms with E-state index in [0.29, 0.717) is 12.1 Å². The van der Waals surface area contributed by atoms with Crippen molar-refractivity contribution >= 4 is 0 Å². The molecule has 1 aliphatic heterocycles. The quantitative estimate of drug-likeness (QED) is 0.717. The molecule has 3 unspecified atom stereocenters. The number of likely N-dealkylation sites (N-methyl/N-ethyl adjacent to an activating group) is 1. The molecule has 0 aromatic heterocycles. The average Bonchev–Trinajstić information content (AvgIpc) is 2.62. The fourth-order valence-corrected chi connectivity index (χ4v) is 2.36. The van der Waals surface area contributed by atoms with Crippen LogP contribution in [0.25, 0.3) is 0 Å². The van der Waals surface area contributed by atoms with Crippen molar-refractivity contribution in [3.05, 3.63) is 0 Å². The summed E-state index contributed by atoms with van der Waals surface area (Å²) in [7, 11) is 2.05. The Bertz CT molecular complexity index is 147. The van der Waals surface area contributed by atoms with Crippen molar-refractivity contribution in [2.75, 3.05) is 13.6 Å². The Hall–Kier alpha value is -0.0800. The Labute approximate surface area is 82.7 Å². The highest BCUT2D eigenvalue weighted by atomic mass is 15.2. The number of rotatable bonds is 4. The summed E-state index contributed by atoms with van der Waals surface area (Å²) >= 11 is 0. The van der Waals surface area contributed by atoms with Crippen LogP contribution in [-0.4, -0.2) is 36.6 Å². The van der Waals surface area contributed by atoms with Gasteiger partial charge in [0.25, 0.3) is 0 Å². The summed E-state index contributed by atoms with van der Waals surface area (Å²) in [5.74, 6) is 0. The highest BCUT2D eigenvalue weighted by Crippen LogP contribution is 2.23. The number of hydrogen-bond donors (Lipinski definition) is 1. The summed E-state index contributed by atoms with van der Waals surface area (Å²) in [4.78, 5) is 2.67. The zero-order valence-electron chi connectivity index (χ0n) is 9.51. The van der Waals surface area contributed by atoms with Crippen LogP contribution < -0.4 is 5.32 Å². The Morgan fingerprint density at radius 1 is 1.46 bits per heavy atom. The van der Waals surface area contributed by atoms with E-state index in [1.165, 1.54) is 25.8 Å². The van der Waals surface area contributed by atoms with Gasteiger partial charge in [-0.25, -0.2) is 0 Å². The zero-order chi connectivity index (χ0) is 9.84. The molecule has 2 heteroatoms. The lowest BCUT2D eigenvalue weighted by molar-refractivity contribution is 0.159. The monoisotopic (exact) mass is 184 g/mol. The third-order valence-corrected chi connectivity index (χ3v) is 3.60. The van der Waals surface area contributed by atoms with E-state index in [-0.39, 0.29) is 0 Å². The number of hydrogen-bond acceptors (Lipinski definition) is 2. The van der Waals surface area contributed by atoms with E-state index in [2.05, 4.69) is 38.0 Å². The third kappa shape index (κ3) is 2.44. The second-order valence-electron chi connectivity index (χ2n) is 4.26. The molecular formula is C11H24N2. The molecule has 3 atom stereocenters. The van der Waals surface area contributed by atoms with Gasteiger partial charge in [-0.05, 0) is 46.7 Å². The lowest BCUT2D eigenvalue weighted by Crippen LogP contribution is -2.47. The predicted octanol–water partition coefficient (Wildman–Crippen LogP) is 1.86. The molecule has 78 valence electrons. The highest BCUT2D eigenvalue weighted by molar-refractivity contribution is 4.86. The minimum atomic E-state index is 0.604.